The molecule has 2 N–H and O–H groups in total. The zero-order chi connectivity index (χ0) is 16.2. The number of benzene rings is 1. The molecule has 1 aliphatic rings. The molecule has 0 saturated heterocycles. The lowest BCUT2D eigenvalue weighted by atomic mass is 10.2. The maximum absolute atomic E-state index is 12.1. The van der Waals surface area contributed by atoms with Gasteiger partial charge in [0.05, 0.1) is 5.56 Å². The molecule has 2 heterocycles. The highest BCUT2D eigenvalue weighted by Crippen LogP contribution is 2.19. The minimum absolute atomic E-state index is 0.0935. The Kier molecular flexibility index (Phi) is 4.01. The van der Waals surface area contributed by atoms with Gasteiger partial charge in [0, 0.05) is 25.0 Å². The minimum atomic E-state index is -0.434. The van der Waals surface area contributed by atoms with Gasteiger partial charge in [-0.05, 0) is 24.3 Å². The molecule has 3 rings (SSSR count). The van der Waals surface area contributed by atoms with Crippen molar-refractivity contribution >= 4 is 23.5 Å². The lowest BCUT2D eigenvalue weighted by Gasteiger charge is -2.14. The number of nitrogens with zero attached hydrogens (tertiary/aromatic N) is 2. The number of para-hydroxylation sites is 1. The van der Waals surface area contributed by atoms with E-state index in [4.69, 9.17) is 0 Å². The van der Waals surface area contributed by atoms with Gasteiger partial charge in [-0.2, -0.15) is 0 Å². The van der Waals surface area contributed by atoms with Gasteiger partial charge in [-0.25, -0.2) is 4.79 Å². The van der Waals surface area contributed by atoms with Crippen LogP contribution in [0.1, 0.15) is 20.8 Å². The molecule has 0 aliphatic carbocycles. The van der Waals surface area contributed by atoms with Crippen LogP contribution in [0.5, 0.6) is 0 Å². The molecule has 0 radical (unpaired) electrons. The molecular formula is C16H14N4O3. The number of anilines is 1. The summed E-state index contributed by atoms with van der Waals surface area (Å²) in [6, 6.07) is 11.8. The SMILES string of the molecule is O=C(NCCN1C(=O)c2cccnc2C1=O)Nc1ccccc1. The highest BCUT2D eigenvalue weighted by Gasteiger charge is 2.36. The molecule has 0 unspecified atom stereocenters. The van der Waals surface area contributed by atoms with Gasteiger partial charge < -0.3 is 10.6 Å². The van der Waals surface area contributed by atoms with E-state index in [1.165, 1.54) is 6.20 Å². The van der Waals surface area contributed by atoms with Crippen LogP contribution in [0.4, 0.5) is 10.5 Å². The number of fused-ring (bicyclic) bond motifs is 1. The Bertz CT molecular complexity index is 726. The minimum Gasteiger partial charge on any atom is -0.336 e. The first-order chi connectivity index (χ1) is 11.2. The van der Waals surface area contributed by atoms with Gasteiger partial charge in [-0.1, -0.05) is 18.2 Å². The van der Waals surface area contributed by atoms with E-state index in [1.807, 2.05) is 6.07 Å². The van der Waals surface area contributed by atoms with Crippen molar-refractivity contribution in [3.05, 3.63) is 59.9 Å². The quantitative estimate of drug-likeness (QED) is 0.837. The summed E-state index contributed by atoms with van der Waals surface area (Å²) in [5.41, 5.74) is 1.12. The van der Waals surface area contributed by atoms with Crippen molar-refractivity contribution < 1.29 is 14.4 Å². The smallest absolute Gasteiger partial charge is 0.319 e. The number of aromatic nitrogens is 1. The second-order valence-electron chi connectivity index (χ2n) is 4.91. The number of hydrogen-bond donors (Lipinski definition) is 2. The number of pyridine rings is 1. The number of imide groups is 1. The van der Waals surface area contributed by atoms with Crippen LogP contribution in [0.15, 0.2) is 48.7 Å². The number of nitrogens with one attached hydrogen (secondary N) is 2. The summed E-state index contributed by atoms with van der Waals surface area (Å²) in [6.07, 6.45) is 1.47. The van der Waals surface area contributed by atoms with Gasteiger partial charge >= 0.3 is 6.03 Å². The molecule has 116 valence electrons. The highest BCUT2D eigenvalue weighted by molar-refractivity contribution is 6.20. The molecule has 0 saturated carbocycles. The number of carbonyl (C=O) groups excluding carboxylic acids is 3. The maximum Gasteiger partial charge on any atom is 0.319 e. The van der Waals surface area contributed by atoms with E-state index >= 15 is 0 Å². The number of amides is 4. The summed E-state index contributed by atoms with van der Waals surface area (Å²) in [4.78, 5) is 41.0. The Morgan fingerprint density at radius 1 is 1.04 bits per heavy atom. The predicted octanol–water partition coefficient (Wildman–Crippen LogP) is 1.50. The van der Waals surface area contributed by atoms with Crippen LogP contribution in [-0.2, 0) is 0 Å². The van der Waals surface area contributed by atoms with Crippen molar-refractivity contribution in [3.63, 3.8) is 0 Å². The van der Waals surface area contributed by atoms with Crippen LogP contribution in [-0.4, -0.2) is 40.8 Å². The molecule has 7 nitrogen and oxygen atoms in total. The molecule has 1 aliphatic heterocycles. The molecule has 0 bridgehead atoms. The van der Waals surface area contributed by atoms with Crippen molar-refractivity contribution in [2.24, 2.45) is 0 Å². The summed E-state index contributed by atoms with van der Waals surface area (Å²) >= 11 is 0. The molecule has 0 spiro atoms. The first kappa shape index (κ1) is 14.7. The third-order valence-electron chi connectivity index (χ3n) is 3.38. The molecule has 0 atom stereocenters. The van der Waals surface area contributed by atoms with Crippen LogP contribution in [0.25, 0.3) is 0 Å². The monoisotopic (exact) mass is 310 g/mol. The van der Waals surface area contributed by atoms with E-state index in [0.29, 0.717) is 11.3 Å². The Hall–Kier alpha value is -3.22. The third-order valence-corrected chi connectivity index (χ3v) is 3.38. The third kappa shape index (κ3) is 3.03. The van der Waals surface area contributed by atoms with Crippen LogP contribution in [0.2, 0.25) is 0 Å². The molecule has 23 heavy (non-hydrogen) atoms. The molecule has 4 amide bonds. The van der Waals surface area contributed by atoms with Gasteiger partial charge in [-0.15, -0.1) is 0 Å². The van der Waals surface area contributed by atoms with E-state index in [1.54, 1.807) is 36.4 Å². The number of rotatable bonds is 4. The van der Waals surface area contributed by atoms with E-state index in [9.17, 15) is 14.4 Å². The summed E-state index contributed by atoms with van der Waals surface area (Å²) in [5, 5.41) is 5.27. The lowest BCUT2D eigenvalue weighted by molar-refractivity contribution is 0.0654. The van der Waals surface area contributed by atoms with Gasteiger partial charge in [0.25, 0.3) is 11.8 Å². The Labute approximate surface area is 132 Å². The summed E-state index contributed by atoms with van der Waals surface area (Å²) < 4.78 is 0. The lowest BCUT2D eigenvalue weighted by Crippen LogP contribution is -2.39. The number of urea groups is 1. The zero-order valence-corrected chi connectivity index (χ0v) is 12.2. The zero-order valence-electron chi connectivity index (χ0n) is 12.2. The van der Waals surface area contributed by atoms with E-state index < -0.39 is 11.9 Å². The van der Waals surface area contributed by atoms with Gasteiger partial charge in [0.15, 0.2) is 0 Å². The number of hydrogen-bond acceptors (Lipinski definition) is 4. The first-order valence-corrected chi connectivity index (χ1v) is 7.08. The van der Waals surface area contributed by atoms with Crippen molar-refractivity contribution in [2.75, 3.05) is 18.4 Å². The second-order valence-corrected chi connectivity index (χ2v) is 4.91. The molecule has 7 heteroatoms. The second kappa shape index (κ2) is 6.27. The van der Waals surface area contributed by atoms with Gasteiger partial charge in [-0.3, -0.25) is 19.5 Å². The first-order valence-electron chi connectivity index (χ1n) is 7.08. The van der Waals surface area contributed by atoms with E-state index in [-0.39, 0.29) is 24.7 Å². The Morgan fingerprint density at radius 2 is 1.83 bits per heavy atom. The fraction of sp³-hybridized carbons (Fsp3) is 0.125. The van der Waals surface area contributed by atoms with Crippen molar-refractivity contribution in [1.82, 2.24) is 15.2 Å². The molecule has 1 aromatic heterocycles. The molecule has 0 fully saturated rings. The molecule has 2 aromatic rings. The van der Waals surface area contributed by atoms with Crippen LogP contribution in [0, 0.1) is 0 Å². The predicted molar refractivity (Wildman–Crippen MR) is 83.1 cm³/mol. The highest BCUT2D eigenvalue weighted by atomic mass is 16.2. The maximum atomic E-state index is 12.1. The van der Waals surface area contributed by atoms with Crippen LogP contribution >= 0.6 is 0 Å². The molecular weight excluding hydrogens is 296 g/mol. The molecule has 1 aromatic carbocycles. The summed E-state index contributed by atoms with van der Waals surface area (Å²) in [6.45, 7) is 0.250. The van der Waals surface area contributed by atoms with Crippen molar-refractivity contribution in [2.45, 2.75) is 0 Å². The van der Waals surface area contributed by atoms with Gasteiger partial charge in [0.1, 0.15) is 5.69 Å². The van der Waals surface area contributed by atoms with Gasteiger partial charge in [0.2, 0.25) is 0 Å². The van der Waals surface area contributed by atoms with Crippen molar-refractivity contribution in [1.29, 1.82) is 0 Å². The standard InChI is InChI=1S/C16H14N4O3/c21-14-12-7-4-8-17-13(12)15(22)20(14)10-9-18-16(23)19-11-5-2-1-3-6-11/h1-8H,9-10H2,(H2,18,19,23). The Balaban J connectivity index is 1.53. The average Bonchev–Trinajstić information content (AvgIpc) is 2.81. The van der Waals surface area contributed by atoms with Crippen molar-refractivity contribution in [3.8, 4) is 0 Å². The Morgan fingerprint density at radius 3 is 2.57 bits per heavy atom. The largest absolute Gasteiger partial charge is 0.336 e. The van der Waals surface area contributed by atoms with E-state index in [2.05, 4.69) is 15.6 Å². The summed E-state index contributed by atoms with van der Waals surface area (Å²) in [5.74, 6) is -0.820. The van der Waals surface area contributed by atoms with Crippen LogP contribution < -0.4 is 10.6 Å². The van der Waals surface area contributed by atoms with Crippen LogP contribution in [0.3, 0.4) is 0 Å². The average molecular weight is 310 g/mol. The topological polar surface area (TPSA) is 91.4 Å². The fourth-order valence-corrected chi connectivity index (χ4v) is 2.29. The number of carbonyl (C=O) groups is 3. The van der Waals surface area contributed by atoms with E-state index in [0.717, 1.165) is 4.90 Å². The summed E-state index contributed by atoms with van der Waals surface area (Å²) in [7, 11) is 0. The fourth-order valence-electron chi connectivity index (χ4n) is 2.29. The normalized spacial score (nSPS) is 13.0.